The van der Waals surface area contributed by atoms with Gasteiger partial charge in [0.25, 0.3) is 0 Å². The summed E-state index contributed by atoms with van der Waals surface area (Å²) in [7, 11) is 3.48. The molecule has 144 valence electrons. The first-order chi connectivity index (χ1) is 12.5. The molecule has 26 heavy (non-hydrogen) atoms. The number of anilines is 1. The number of thioether (sulfide) groups is 1. The highest BCUT2D eigenvalue weighted by atomic mass is 35.5. The van der Waals surface area contributed by atoms with Gasteiger partial charge in [-0.3, -0.25) is 4.79 Å². The second kappa shape index (κ2) is 10.5. The maximum atomic E-state index is 11.8. The van der Waals surface area contributed by atoms with Crippen molar-refractivity contribution in [3.05, 3.63) is 29.3 Å². The van der Waals surface area contributed by atoms with Gasteiger partial charge in [-0.1, -0.05) is 17.7 Å². The van der Waals surface area contributed by atoms with Crippen LogP contribution in [0.4, 0.5) is 5.69 Å². The Labute approximate surface area is 165 Å². The fourth-order valence-corrected chi connectivity index (χ4v) is 3.18. The lowest BCUT2D eigenvalue weighted by atomic mass is 10.3. The van der Waals surface area contributed by atoms with Crippen LogP contribution in [0.5, 0.6) is 0 Å². The van der Waals surface area contributed by atoms with Crippen molar-refractivity contribution in [3.63, 3.8) is 0 Å². The van der Waals surface area contributed by atoms with Crippen LogP contribution in [0.15, 0.2) is 29.3 Å². The van der Waals surface area contributed by atoms with Gasteiger partial charge in [-0.15, -0.1) is 0 Å². The molecule has 8 heteroatoms. The molecule has 0 radical (unpaired) electrons. The number of nitrogens with zero attached hydrogens (tertiary/aromatic N) is 3. The number of nitrogens with one attached hydrogen (secondary N) is 2. The van der Waals surface area contributed by atoms with Gasteiger partial charge in [0, 0.05) is 56.2 Å². The topological polar surface area (TPSA) is 60.0 Å². The summed E-state index contributed by atoms with van der Waals surface area (Å²) in [5, 5.41) is 7.53. The van der Waals surface area contributed by atoms with E-state index in [-0.39, 0.29) is 18.5 Å². The summed E-state index contributed by atoms with van der Waals surface area (Å²) in [6.07, 6.45) is 3.08. The average molecular weight is 398 g/mol. The van der Waals surface area contributed by atoms with Crippen molar-refractivity contribution < 1.29 is 4.79 Å². The second-order valence-electron chi connectivity index (χ2n) is 6.43. The molecule has 1 fully saturated rings. The Morgan fingerprint density at radius 2 is 2.27 bits per heavy atom. The molecule has 1 amide bonds. The molecule has 1 unspecified atom stereocenters. The zero-order valence-corrected chi connectivity index (χ0v) is 17.2. The summed E-state index contributed by atoms with van der Waals surface area (Å²) in [5.74, 6) is 1.68. The second-order valence-corrected chi connectivity index (χ2v) is 7.85. The third-order valence-corrected chi connectivity index (χ3v) is 5.02. The number of aliphatic imine (C=N–C) groups is 1. The summed E-state index contributed by atoms with van der Waals surface area (Å²) >= 11 is 7.88. The summed E-state index contributed by atoms with van der Waals surface area (Å²) in [6.45, 7) is 2.80. The minimum absolute atomic E-state index is 0.0112. The number of rotatable bonds is 7. The van der Waals surface area contributed by atoms with Crippen LogP contribution in [-0.4, -0.2) is 75.1 Å². The lowest BCUT2D eigenvalue weighted by Gasteiger charge is -2.21. The number of guanidine groups is 1. The van der Waals surface area contributed by atoms with Crippen LogP contribution in [0.1, 0.15) is 6.42 Å². The number of benzene rings is 1. The van der Waals surface area contributed by atoms with Gasteiger partial charge in [0.05, 0.1) is 0 Å². The molecule has 0 aromatic heterocycles. The monoisotopic (exact) mass is 397 g/mol. The molecule has 2 rings (SSSR count). The molecule has 0 bridgehead atoms. The Morgan fingerprint density at radius 1 is 1.46 bits per heavy atom. The van der Waals surface area contributed by atoms with Crippen LogP contribution in [0, 0.1) is 0 Å². The molecule has 2 N–H and O–H groups in total. The molecule has 0 aliphatic carbocycles. The molecule has 1 saturated heterocycles. The standard InChI is InChI=1S/C18H28ClN5OS/c1-23(2)17(25)12-21-18(20-8-10-26-3)22-15-7-9-24(13-15)16-6-4-5-14(19)11-16/h4-6,11,15H,7-10,12-13H2,1-3H3,(H2,20,21,22). The Kier molecular flexibility index (Phi) is 8.38. The quantitative estimate of drug-likeness (QED) is 0.418. The molecular weight excluding hydrogens is 370 g/mol. The van der Waals surface area contributed by atoms with E-state index in [2.05, 4.69) is 32.8 Å². The minimum atomic E-state index is -0.0112. The van der Waals surface area contributed by atoms with Crippen LogP contribution in [0.3, 0.4) is 0 Å². The molecular formula is C18H28ClN5OS. The molecule has 1 aliphatic heterocycles. The molecule has 1 aromatic rings. The van der Waals surface area contributed by atoms with E-state index in [1.165, 1.54) is 0 Å². The van der Waals surface area contributed by atoms with Crippen LogP contribution >= 0.6 is 23.4 Å². The maximum absolute atomic E-state index is 11.8. The van der Waals surface area contributed by atoms with E-state index in [1.54, 1.807) is 30.8 Å². The third kappa shape index (κ3) is 6.61. The zero-order valence-electron chi connectivity index (χ0n) is 15.7. The van der Waals surface area contributed by atoms with Crippen molar-refractivity contribution in [3.8, 4) is 0 Å². The first-order valence-electron chi connectivity index (χ1n) is 8.74. The number of amides is 1. The van der Waals surface area contributed by atoms with E-state index < -0.39 is 0 Å². The van der Waals surface area contributed by atoms with Gasteiger partial charge < -0.3 is 20.4 Å². The Morgan fingerprint density at radius 3 is 2.96 bits per heavy atom. The predicted octanol–water partition coefficient (Wildman–Crippen LogP) is 1.91. The fourth-order valence-electron chi connectivity index (χ4n) is 2.69. The third-order valence-electron chi connectivity index (χ3n) is 4.17. The normalized spacial score (nSPS) is 17.3. The van der Waals surface area contributed by atoms with Crippen LogP contribution < -0.4 is 15.5 Å². The molecule has 0 spiro atoms. The minimum Gasteiger partial charge on any atom is -0.369 e. The van der Waals surface area contributed by atoms with Crippen molar-refractivity contribution in [1.29, 1.82) is 0 Å². The van der Waals surface area contributed by atoms with Crippen molar-refractivity contribution in [2.24, 2.45) is 4.99 Å². The van der Waals surface area contributed by atoms with Crippen molar-refractivity contribution in [1.82, 2.24) is 15.5 Å². The summed E-state index contributed by atoms with van der Waals surface area (Å²) in [5.41, 5.74) is 1.14. The summed E-state index contributed by atoms with van der Waals surface area (Å²) < 4.78 is 0. The molecule has 1 aliphatic rings. The van der Waals surface area contributed by atoms with Gasteiger partial charge >= 0.3 is 0 Å². The predicted molar refractivity (Wildman–Crippen MR) is 113 cm³/mol. The van der Waals surface area contributed by atoms with Crippen molar-refractivity contribution >= 4 is 40.9 Å². The van der Waals surface area contributed by atoms with E-state index in [1.807, 2.05) is 18.2 Å². The van der Waals surface area contributed by atoms with Gasteiger partial charge in [-0.25, -0.2) is 4.99 Å². The van der Waals surface area contributed by atoms with Gasteiger partial charge in [0.2, 0.25) is 5.91 Å². The number of halogens is 1. The summed E-state index contributed by atoms with van der Waals surface area (Å²) in [4.78, 5) is 20.1. The number of hydrogen-bond donors (Lipinski definition) is 2. The largest absolute Gasteiger partial charge is 0.369 e. The number of hydrogen-bond acceptors (Lipinski definition) is 4. The zero-order chi connectivity index (χ0) is 18.9. The molecule has 1 atom stereocenters. The van der Waals surface area contributed by atoms with E-state index in [0.29, 0.717) is 5.96 Å². The van der Waals surface area contributed by atoms with E-state index in [0.717, 1.165) is 42.5 Å². The highest BCUT2D eigenvalue weighted by molar-refractivity contribution is 7.98. The maximum Gasteiger partial charge on any atom is 0.243 e. The first-order valence-corrected chi connectivity index (χ1v) is 10.5. The van der Waals surface area contributed by atoms with Gasteiger partial charge in [-0.2, -0.15) is 11.8 Å². The number of carbonyl (C=O) groups is 1. The number of likely N-dealkylation sites (N-methyl/N-ethyl adjacent to an activating group) is 1. The van der Waals surface area contributed by atoms with Gasteiger partial charge in [-0.05, 0) is 30.9 Å². The lowest BCUT2D eigenvalue weighted by Crippen LogP contribution is -2.45. The van der Waals surface area contributed by atoms with E-state index in [9.17, 15) is 4.79 Å². The lowest BCUT2D eigenvalue weighted by molar-refractivity contribution is -0.127. The van der Waals surface area contributed by atoms with E-state index >= 15 is 0 Å². The van der Waals surface area contributed by atoms with Crippen molar-refractivity contribution in [2.75, 3.05) is 57.2 Å². The van der Waals surface area contributed by atoms with Crippen LogP contribution in [0.2, 0.25) is 5.02 Å². The van der Waals surface area contributed by atoms with E-state index in [4.69, 9.17) is 11.6 Å². The molecule has 6 nitrogen and oxygen atoms in total. The summed E-state index contributed by atoms with van der Waals surface area (Å²) in [6, 6.07) is 8.21. The van der Waals surface area contributed by atoms with Gasteiger partial charge in [0.1, 0.15) is 6.54 Å². The van der Waals surface area contributed by atoms with Crippen LogP contribution in [0.25, 0.3) is 0 Å². The molecule has 1 aromatic carbocycles. The smallest absolute Gasteiger partial charge is 0.243 e. The SMILES string of the molecule is CSCCNC(=NCC(=O)N(C)C)NC1CCN(c2cccc(Cl)c2)C1. The number of carbonyl (C=O) groups excluding carboxylic acids is 1. The first kappa shape index (κ1) is 20.7. The molecule has 0 saturated carbocycles. The van der Waals surface area contributed by atoms with Crippen molar-refractivity contribution in [2.45, 2.75) is 12.5 Å². The molecule has 1 heterocycles. The average Bonchev–Trinajstić information content (AvgIpc) is 3.08. The highest BCUT2D eigenvalue weighted by Gasteiger charge is 2.23. The Balaban J connectivity index is 1.94. The fraction of sp³-hybridized carbons (Fsp3) is 0.556. The Bertz CT molecular complexity index is 625. The van der Waals surface area contributed by atoms with Crippen LogP contribution in [-0.2, 0) is 4.79 Å². The highest BCUT2D eigenvalue weighted by Crippen LogP contribution is 2.23. The Hall–Kier alpha value is -1.60. The van der Waals surface area contributed by atoms with Gasteiger partial charge in [0.15, 0.2) is 5.96 Å².